The average Bonchev–Trinajstić information content (AvgIpc) is 2.50. The van der Waals surface area contributed by atoms with E-state index in [-0.39, 0.29) is 12.3 Å². The van der Waals surface area contributed by atoms with E-state index in [2.05, 4.69) is 4.98 Å². The molecule has 0 bridgehead atoms. The van der Waals surface area contributed by atoms with Crippen molar-refractivity contribution in [1.82, 2.24) is 4.98 Å². The fraction of sp³-hybridized carbons (Fsp3) is 0.200. The van der Waals surface area contributed by atoms with Crippen molar-refractivity contribution in [3.63, 3.8) is 0 Å². The molecule has 0 aliphatic rings. The van der Waals surface area contributed by atoms with Crippen LogP contribution in [0.15, 0.2) is 30.5 Å². The smallest absolute Gasteiger partial charge is 0.356 e. The normalized spacial score (nSPS) is 10.3. The number of halogens is 2. The van der Waals surface area contributed by atoms with Crippen molar-refractivity contribution in [2.24, 2.45) is 0 Å². The van der Waals surface area contributed by atoms with Crippen LogP contribution in [0.2, 0.25) is 10.0 Å². The quantitative estimate of drug-likeness (QED) is 0.789. The van der Waals surface area contributed by atoms with Crippen LogP contribution in [-0.4, -0.2) is 24.7 Å². The third kappa shape index (κ3) is 3.28. The van der Waals surface area contributed by atoms with E-state index in [0.29, 0.717) is 26.9 Å². The van der Waals surface area contributed by atoms with Gasteiger partial charge in [0.05, 0.1) is 23.8 Å². The number of carbonyl (C=O) groups excluding carboxylic acids is 1. The van der Waals surface area contributed by atoms with E-state index in [1.165, 1.54) is 13.3 Å². The van der Waals surface area contributed by atoms with E-state index < -0.39 is 5.97 Å². The molecule has 2 rings (SSSR count). The van der Waals surface area contributed by atoms with Crippen molar-refractivity contribution in [3.8, 4) is 16.9 Å². The maximum Gasteiger partial charge on any atom is 0.356 e. The van der Waals surface area contributed by atoms with Crippen molar-refractivity contribution in [3.05, 3.63) is 46.2 Å². The molecule has 0 atom stereocenters. The highest BCUT2D eigenvalue weighted by Crippen LogP contribution is 2.40. The van der Waals surface area contributed by atoms with Crippen LogP contribution in [0.25, 0.3) is 11.1 Å². The molecule has 1 aromatic heterocycles. The summed E-state index contributed by atoms with van der Waals surface area (Å²) in [6.07, 6.45) is 1.51. The lowest BCUT2D eigenvalue weighted by Crippen LogP contribution is -2.07. The van der Waals surface area contributed by atoms with Gasteiger partial charge in [0, 0.05) is 11.8 Å². The van der Waals surface area contributed by atoms with Gasteiger partial charge in [-0.1, -0.05) is 23.2 Å². The van der Waals surface area contributed by atoms with E-state index in [1.807, 2.05) is 0 Å². The molecule has 1 aromatic carbocycles. The number of rotatable bonds is 4. The summed E-state index contributed by atoms with van der Waals surface area (Å²) in [5.41, 5.74) is 1.49. The van der Waals surface area contributed by atoms with Crippen molar-refractivity contribution < 1.29 is 14.3 Å². The Kier molecular flexibility index (Phi) is 5.04. The van der Waals surface area contributed by atoms with Gasteiger partial charge in [-0.25, -0.2) is 9.78 Å². The van der Waals surface area contributed by atoms with Crippen LogP contribution < -0.4 is 4.74 Å². The number of hydrogen-bond acceptors (Lipinski definition) is 4. The molecular weight excluding hydrogens is 313 g/mol. The van der Waals surface area contributed by atoms with Gasteiger partial charge in [0.2, 0.25) is 0 Å². The number of esters is 1. The zero-order chi connectivity index (χ0) is 15.4. The zero-order valence-corrected chi connectivity index (χ0v) is 13.0. The predicted octanol–water partition coefficient (Wildman–Crippen LogP) is 4.24. The van der Waals surface area contributed by atoms with E-state index in [9.17, 15) is 4.79 Å². The van der Waals surface area contributed by atoms with Gasteiger partial charge in [0.25, 0.3) is 0 Å². The Morgan fingerprint density at radius 3 is 2.71 bits per heavy atom. The molecule has 1 heterocycles. The number of pyridine rings is 1. The van der Waals surface area contributed by atoms with Crippen LogP contribution >= 0.6 is 23.2 Å². The maximum absolute atomic E-state index is 11.8. The van der Waals surface area contributed by atoms with Gasteiger partial charge in [-0.2, -0.15) is 0 Å². The SMILES string of the molecule is CCOC(=O)c1cc(-c2c(OC)ccc(Cl)c2Cl)ccn1. The Hall–Kier alpha value is -1.78. The van der Waals surface area contributed by atoms with E-state index in [4.69, 9.17) is 32.7 Å². The minimum absolute atomic E-state index is 0.201. The summed E-state index contributed by atoms with van der Waals surface area (Å²) in [4.78, 5) is 15.8. The highest BCUT2D eigenvalue weighted by molar-refractivity contribution is 6.44. The van der Waals surface area contributed by atoms with Crippen LogP contribution in [0, 0.1) is 0 Å². The lowest BCUT2D eigenvalue weighted by molar-refractivity contribution is 0.0519. The standard InChI is InChI=1S/C15H13Cl2NO3/c1-3-21-15(19)11-8-9(6-7-18-11)13-12(20-2)5-4-10(16)14(13)17/h4-8H,3H2,1-2H3. The first-order valence-electron chi connectivity index (χ1n) is 6.24. The molecule has 0 spiro atoms. The van der Waals surface area contributed by atoms with Crippen LogP contribution in [-0.2, 0) is 4.74 Å². The number of carbonyl (C=O) groups is 1. The Labute approximate surface area is 132 Å². The van der Waals surface area contributed by atoms with Crippen LogP contribution in [0.1, 0.15) is 17.4 Å². The Morgan fingerprint density at radius 2 is 2.05 bits per heavy atom. The molecule has 0 aliphatic carbocycles. The van der Waals surface area contributed by atoms with Gasteiger partial charge in [-0.3, -0.25) is 0 Å². The molecule has 4 nitrogen and oxygen atoms in total. The van der Waals surface area contributed by atoms with Crippen molar-refractivity contribution in [2.45, 2.75) is 6.92 Å². The fourth-order valence-electron chi connectivity index (χ4n) is 1.87. The van der Waals surface area contributed by atoms with Crippen molar-refractivity contribution in [1.29, 1.82) is 0 Å². The molecule has 0 amide bonds. The number of hydrogen-bond donors (Lipinski definition) is 0. The second-order valence-electron chi connectivity index (χ2n) is 4.09. The second kappa shape index (κ2) is 6.78. The number of nitrogens with zero attached hydrogens (tertiary/aromatic N) is 1. The molecule has 21 heavy (non-hydrogen) atoms. The molecule has 6 heteroatoms. The van der Waals surface area contributed by atoms with Gasteiger partial charge < -0.3 is 9.47 Å². The fourth-order valence-corrected chi connectivity index (χ4v) is 2.30. The molecule has 0 saturated carbocycles. The summed E-state index contributed by atoms with van der Waals surface area (Å²) in [5.74, 6) is 0.0712. The van der Waals surface area contributed by atoms with E-state index >= 15 is 0 Å². The number of methoxy groups -OCH3 is 1. The summed E-state index contributed by atoms with van der Waals surface area (Å²) in [5, 5.41) is 0.763. The predicted molar refractivity (Wildman–Crippen MR) is 82.2 cm³/mol. The first-order chi connectivity index (χ1) is 10.1. The largest absolute Gasteiger partial charge is 0.496 e. The van der Waals surface area contributed by atoms with Gasteiger partial charge >= 0.3 is 5.97 Å². The summed E-state index contributed by atoms with van der Waals surface area (Å²) >= 11 is 12.3. The Balaban J connectivity index is 2.55. The number of benzene rings is 1. The molecule has 2 aromatic rings. The molecule has 0 N–H and O–H groups in total. The minimum Gasteiger partial charge on any atom is -0.496 e. The highest BCUT2D eigenvalue weighted by atomic mass is 35.5. The van der Waals surface area contributed by atoms with Crippen LogP contribution in [0.5, 0.6) is 5.75 Å². The molecule has 0 unspecified atom stereocenters. The molecule has 0 saturated heterocycles. The highest BCUT2D eigenvalue weighted by Gasteiger charge is 2.16. The lowest BCUT2D eigenvalue weighted by Gasteiger charge is -2.12. The van der Waals surface area contributed by atoms with Crippen molar-refractivity contribution in [2.75, 3.05) is 13.7 Å². The zero-order valence-electron chi connectivity index (χ0n) is 11.5. The van der Waals surface area contributed by atoms with Crippen LogP contribution in [0.3, 0.4) is 0 Å². The Morgan fingerprint density at radius 1 is 1.29 bits per heavy atom. The molecule has 110 valence electrons. The first-order valence-corrected chi connectivity index (χ1v) is 6.99. The monoisotopic (exact) mass is 325 g/mol. The summed E-state index contributed by atoms with van der Waals surface area (Å²) < 4.78 is 10.2. The second-order valence-corrected chi connectivity index (χ2v) is 4.87. The van der Waals surface area contributed by atoms with Gasteiger partial charge in [0.15, 0.2) is 0 Å². The van der Waals surface area contributed by atoms with Gasteiger partial charge in [-0.15, -0.1) is 0 Å². The van der Waals surface area contributed by atoms with Crippen LogP contribution in [0.4, 0.5) is 0 Å². The van der Waals surface area contributed by atoms with E-state index in [0.717, 1.165) is 0 Å². The third-order valence-corrected chi connectivity index (χ3v) is 3.61. The molecule has 0 radical (unpaired) electrons. The maximum atomic E-state index is 11.8. The first kappa shape index (κ1) is 15.6. The lowest BCUT2D eigenvalue weighted by atomic mass is 10.0. The van der Waals surface area contributed by atoms with Gasteiger partial charge in [-0.05, 0) is 36.8 Å². The molecule has 0 fully saturated rings. The molecule has 0 aliphatic heterocycles. The summed E-state index contributed by atoms with van der Waals surface area (Å²) in [6.45, 7) is 2.02. The average molecular weight is 326 g/mol. The van der Waals surface area contributed by atoms with Gasteiger partial charge in [0.1, 0.15) is 11.4 Å². The summed E-state index contributed by atoms with van der Waals surface area (Å²) in [7, 11) is 1.54. The summed E-state index contributed by atoms with van der Waals surface area (Å²) in [6, 6.07) is 6.69. The Bertz CT molecular complexity index is 674. The van der Waals surface area contributed by atoms with Crippen molar-refractivity contribution >= 4 is 29.2 Å². The molecular formula is C15H13Cl2NO3. The number of aromatic nitrogens is 1. The van der Waals surface area contributed by atoms with E-state index in [1.54, 1.807) is 31.2 Å². The third-order valence-electron chi connectivity index (χ3n) is 2.81. The topological polar surface area (TPSA) is 48.4 Å². The minimum atomic E-state index is -0.489. The number of ether oxygens (including phenoxy) is 2.